The number of carbonyl (C=O) groups is 2. The fraction of sp³-hybridized carbons (Fsp3) is 0.200. The zero-order chi connectivity index (χ0) is 21.8. The van der Waals surface area contributed by atoms with E-state index in [0.29, 0.717) is 23.5 Å². The lowest BCUT2D eigenvalue weighted by molar-refractivity contribution is -0.130. The van der Waals surface area contributed by atoms with Crippen molar-refractivity contribution in [3.05, 3.63) is 101 Å². The first-order valence-electron chi connectivity index (χ1n) is 10.1. The van der Waals surface area contributed by atoms with Crippen LogP contribution in [-0.2, 0) is 22.6 Å². The Hall–Kier alpha value is -3.80. The van der Waals surface area contributed by atoms with E-state index in [0.717, 1.165) is 5.56 Å². The largest absolute Gasteiger partial charge is 0.503 e. The standard InChI is InChI=1S/C25H23NO5/c1-30-19-12-10-18(11-13-19)23-22(21(27)14-9-17-6-3-2-4-7-17)24(28)25(29)26(23)16-20-8-5-15-31-20/h2-8,10-13,15,23,28H,9,14,16H2,1H3. The van der Waals surface area contributed by atoms with Gasteiger partial charge in [-0.3, -0.25) is 9.59 Å². The van der Waals surface area contributed by atoms with Gasteiger partial charge in [-0.15, -0.1) is 0 Å². The van der Waals surface area contributed by atoms with Gasteiger partial charge < -0.3 is 19.2 Å². The Kier molecular flexibility index (Phi) is 5.89. The molecule has 2 heterocycles. The van der Waals surface area contributed by atoms with Crippen LogP contribution in [0.5, 0.6) is 5.75 Å². The minimum Gasteiger partial charge on any atom is -0.503 e. The van der Waals surface area contributed by atoms with Crippen LogP contribution in [0.3, 0.4) is 0 Å². The third-order valence-corrected chi connectivity index (χ3v) is 5.43. The van der Waals surface area contributed by atoms with Crippen molar-refractivity contribution in [1.82, 2.24) is 4.90 Å². The number of methoxy groups -OCH3 is 1. The molecule has 1 atom stereocenters. The molecular formula is C25H23NO5. The summed E-state index contributed by atoms with van der Waals surface area (Å²) in [5, 5.41) is 10.7. The molecule has 6 heteroatoms. The first-order valence-corrected chi connectivity index (χ1v) is 10.1. The van der Waals surface area contributed by atoms with E-state index in [1.807, 2.05) is 30.3 Å². The van der Waals surface area contributed by atoms with Crippen LogP contribution in [0.2, 0.25) is 0 Å². The van der Waals surface area contributed by atoms with Crippen LogP contribution in [-0.4, -0.2) is 28.8 Å². The van der Waals surface area contributed by atoms with Crippen LogP contribution in [0.25, 0.3) is 0 Å². The second-order valence-electron chi connectivity index (χ2n) is 7.36. The maximum Gasteiger partial charge on any atom is 0.290 e. The normalized spacial score (nSPS) is 16.1. The van der Waals surface area contributed by atoms with Crippen LogP contribution in [0.15, 0.2) is 88.7 Å². The molecule has 0 radical (unpaired) electrons. The molecule has 3 aromatic rings. The van der Waals surface area contributed by atoms with Gasteiger partial charge in [0.05, 0.1) is 31.5 Å². The molecule has 6 nitrogen and oxygen atoms in total. The summed E-state index contributed by atoms with van der Waals surface area (Å²) in [5.74, 6) is -0.100. The number of hydrogen-bond donors (Lipinski definition) is 1. The van der Waals surface area contributed by atoms with Gasteiger partial charge in [-0.25, -0.2) is 0 Å². The van der Waals surface area contributed by atoms with Crippen molar-refractivity contribution < 1.29 is 23.8 Å². The molecule has 1 aliphatic heterocycles. The Bertz CT molecular complexity index is 1080. The summed E-state index contributed by atoms with van der Waals surface area (Å²) in [6, 6.07) is 19.6. The summed E-state index contributed by atoms with van der Waals surface area (Å²) in [6.07, 6.45) is 2.24. The van der Waals surface area contributed by atoms with Crippen LogP contribution in [0.4, 0.5) is 0 Å². The van der Waals surface area contributed by atoms with Gasteiger partial charge in [0.1, 0.15) is 11.5 Å². The lowest BCUT2D eigenvalue weighted by atomic mass is 9.93. The first kappa shape index (κ1) is 20.5. The second-order valence-corrected chi connectivity index (χ2v) is 7.36. The Morgan fingerprint density at radius 2 is 1.81 bits per heavy atom. The Labute approximate surface area is 180 Å². The fourth-order valence-electron chi connectivity index (χ4n) is 3.84. The molecule has 0 aliphatic carbocycles. The average Bonchev–Trinajstić information content (AvgIpc) is 3.41. The molecule has 1 aliphatic rings. The number of rotatable bonds is 8. The number of nitrogens with zero attached hydrogens (tertiary/aromatic N) is 1. The van der Waals surface area contributed by atoms with Crippen molar-refractivity contribution in [3.8, 4) is 5.75 Å². The molecule has 0 bridgehead atoms. The van der Waals surface area contributed by atoms with Crippen molar-refractivity contribution in [2.45, 2.75) is 25.4 Å². The molecule has 0 spiro atoms. The number of ketones is 1. The lowest BCUT2D eigenvalue weighted by Gasteiger charge is -2.26. The zero-order valence-electron chi connectivity index (χ0n) is 17.2. The molecule has 1 aromatic heterocycles. The number of aryl methyl sites for hydroxylation is 1. The van der Waals surface area contributed by atoms with Gasteiger partial charge in [0, 0.05) is 6.42 Å². The maximum atomic E-state index is 13.2. The zero-order valence-corrected chi connectivity index (χ0v) is 17.2. The number of hydrogen-bond acceptors (Lipinski definition) is 5. The third-order valence-electron chi connectivity index (χ3n) is 5.43. The molecule has 1 unspecified atom stereocenters. The minimum absolute atomic E-state index is 0.123. The molecule has 0 saturated carbocycles. The van der Waals surface area contributed by atoms with Crippen LogP contribution >= 0.6 is 0 Å². The number of carbonyl (C=O) groups excluding carboxylic acids is 2. The van der Waals surface area contributed by atoms with Gasteiger partial charge in [-0.1, -0.05) is 42.5 Å². The lowest BCUT2D eigenvalue weighted by Crippen LogP contribution is -2.30. The average molecular weight is 417 g/mol. The number of aliphatic hydroxyl groups excluding tert-OH is 1. The molecule has 0 saturated heterocycles. The van der Waals surface area contributed by atoms with Crippen molar-refractivity contribution in [2.75, 3.05) is 7.11 Å². The summed E-state index contributed by atoms with van der Waals surface area (Å²) in [4.78, 5) is 27.6. The molecule has 4 rings (SSSR count). The van der Waals surface area contributed by atoms with Crippen molar-refractivity contribution in [2.24, 2.45) is 0 Å². The monoisotopic (exact) mass is 417 g/mol. The van der Waals surface area contributed by atoms with Gasteiger partial charge in [0.25, 0.3) is 5.91 Å². The Morgan fingerprint density at radius 3 is 2.45 bits per heavy atom. The smallest absolute Gasteiger partial charge is 0.290 e. The predicted molar refractivity (Wildman–Crippen MR) is 114 cm³/mol. The van der Waals surface area contributed by atoms with E-state index in [-0.39, 0.29) is 24.3 Å². The van der Waals surface area contributed by atoms with Gasteiger partial charge in [0.2, 0.25) is 0 Å². The summed E-state index contributed by atoms with van der Waals surface area (Å²) in [6.45, 7) is 0.141. The van der Waals surface area contributed by atoms with Crippen molar-refractivity contribution in [1.29, 1.82) is 0 Å². The highest BCUT2D eigenvalue weighted by Gasteiger charge is 2.43. The summed E-state index contributed by atoms with van der Waals surface area (Å²) in [5.41, 5.74) is 1.86. The van der Waals surface area contributed by atoms with E-state index < -0.39 is 17.7 Å². The van der Waals surface area contributed by atoms with E-state index >= 15 is 0 Å². The van der Waals surface area contributed by atoms with E-state index in [1.165, 1.54) is 11.2 Å². The number of Topliss-reactive ketones (excluding diaryl/α,β-unsaturated/α-hetero) is 1. The van der Waals surface area contributed by atoms with Gasteiger partial charge in [-0.05, 0) is 41.8 Å². The molecular weight excluding hydrogens is 394 g/mol. The number of amides is 1. The second kappa shape index (κ2) is 8.92. The van der Waals surface area contributed by atoms with Gasteiger partial charge in [0.15, 0.2) is 11.5 Å². The number of benzene rings is 2. The molecule has 1 N–H and O–H groups in total. The highest BCUT2D eigenvalue weighted by atomic mass is 16.5. The first-order chi connectivity index (χ1) is 15.1. The van der Waals surface area contributed by atoms with Gasteiger partial charge >= 0.3 is 0 Å². The van der Waals surface area contributed by atoms with E-state index in [9.17, 15) is 14.7 Å². The number of aliphatic hydroxyl groups is 1. The van der Waals surface area contributed by atoms with Crippen LogP contribution < -0.4 is 4.74 Å². The van der Waals surface area contributed by atoms with E-state index in [1.54, 1.807) is 43.5 Å². The Morgan fingerprint density at radius 1 is 1.06 bits per heavy atom. The highest BCUT2D eigenvalue weighted by Crippen LogP contribution is 2.39. The van der Waals surface area contributed by atoms with Gasteiger partial charge in [-0.2, -0.15) is 0 Å². The summed E-state index contributed by atoms with van der Waals surface area (Å²) >= 11 is 0. The van der Waals surface area contributed by atoms with Crippen LogP contribution in [0, 0.1) is 0 Å². The quantitative estimate of drug-likeness (QED) is 0.588. The topological polar surface area (TPSA) is 80.0 Å². The molecule has 31 heavy (non-hydrogen) atoms. The minimum atomic E-state index is -0.702. The van der Waals surface area contributed by atoms with Crippen molar-refractivity contribution >= 4 is 11.7 Å². The maximum absolute atomic E-state index is 13.2. The summed E-state index contributed by atoms with van der Waals surface area (Å²) in [7, 11) is 1.57. The SMILES string of the molecule is COc1ccc(C2C(C(=O)CCc3ccccc3)=C(O)C(=O)N2Cc2ccco2)cc1. The van der Waals surface area contributed by atoms with E-state index in [2.05, 4.69) is 0 Å². The summed E-state index contributed by atoms with van der Waals surface area (Å²) < 4.78 is 10.6. The highest BCUT2D eigenvalue weighted by molar-refractivity contribution is 6.09. The molecule has 2 aromatic carbocycles. The molecule has 158 valence electrons. The molecule has 0 fully saturated rings. The fourth-order valence-corrected chi connectivity index (χ4v) is 3.84. The number of ether oxygens (including phenoxy) is 1. The van der Waals surface area contributed by atoms with Crippen LogP contribution in [0.1, 0.15) is 29.3 Å². The van der Waals surface area contributed by atoms with Crippen molar-refractivity contribution in [3.63, 3.8) is 0 Å². The van der Waals surface area contributed by atoms with E-state index in [4.69, 9.17) is 9.15 Å². The number of furan rings is 1. The third kappa shape index (κ3) is 4.23. The Balaban J connectivity index is 1.65. The molecule has 1 amide bonds. The predicted octanol–water partition coefficient (Wildman–Crippen LogP) is 4.39.